The highest BCUT2D eigenvalue weighted by molar-refractivity contribution is 6.32. The molecule has 0 amide bonds. The van der Waals surface area contributed by atoms with E-state index in [4.69, 9.17) is 16.8 Å². The largest absolute Gasteiger partial charge is 0.733 e. The molecule has 0 aliphatic heterocycles. The van der Waals surface area contributed by atoms with Crippen LogP contribution in [0.5, 0.6) is 0 Å². The number of aromatic nitrogens is 2. The topological polar surface area (TPSA) is 75.2 Å². The molecule has 0 aromatic carbocycles. The van der Waals surface area contributed by atoms with E-state index in [2.05, 4.69) is 10.2 Å². The first-order chi connectivity index (χ1) is 4.63. The van der Waals surface area contributed by atoms with Gasteiger partial charge in [0.1, 0.15) is 5.69 Å². The van der Waals surface area contributed by atoms with Crippen molar-refractivity contribution in [2.24, 2.45) is 0 Å². The predicted octanol–water partition coefficient (Wildman–Crippen LogP) is 1.06. The zero-order chi connectivity index (χ0) is 7.72. The van der Waals surface area contributed by atoms with Crippen molar-refractivity contribution in [3.8, 4) is 0 Å². The predicted molar refractivity (Wildman–Crippen MR) is 36.0 cm³/mol. The summed E-state index contributed by atoms with van der Waals surface area (Å²) in [5.74, 6) is 0. The van der Waals surface area contributed by atoms with Crippen LogP contribution in [-0.2, 0) is 0 Å². The summed E-state index contributed by atoms with van der Waals surface area (Å²) in [5, 5.41) is 24.2. The molecule has 0 saturated carbocycles. The van der Waals surface area contributed by atoms with E-state index >= 15 is 0 Å². The number of nitrogens with zero attached hydrogens (tertiary/aromatic N) is 2. The fourth-order valence-corrected chi connectivity index (χ4v) is 0.872. The second kappa shape index (κ2) is 2.45. The summed E-state index contributed by atoms with van der Waals surface area (Å²) < 4.78 is 0. The van der Waals surface area contributed by atoms with E-state index in [1.807, 2.05) is 0 Å². The van der Waals surface area contributed by atoms with Gasteiger partial charge in [-0.05, 0) is 6.92 Å². The Morgan fingerprint density at radius 2 is 2.40 bits per heavy atom. The third-order valence-electron chi connectivity index (χ3n) is 1.06. The molecule has 56 valence electrons. The molecule has 10 heavy (non-hydrogen) atoms. The minimum absolute atomic E-state index is 0.0324. The van der Waals surface area contributed by atoms with Crippen LogP contribution in [0, 0.1) is 12.1 Å². The highest BCUT2D eigenvalue weighted by atomic mass is 35.5. The Balaban J connectivity index is 3.10. The van der Waals surface area contributed by atoms with E-state index < -0.39 is 0 Å². The van der Waals surface area contributed by atoms with Crippen molar-refractivity contribution in [2.75, 3.05) is 5.23 Å². The maximum absolute atomic E-state index is 10.3. The highest BCUT2D eigenvalue weighted by Crippen LogP contribution is 2.24. The van der Waals surface area contributed by atoms with Gasteiger partial charge in [-0.2, -0.15) is 5.10 Å². The monoisotopic (exact) mass is 162 g/mol. The number of anilines is 1. The van der Waals surface area contributed by atoms with E-state index in [9.17, 15) is 5.21 Å². The van der Waals surface area contributed by atoms with Gasteiger partial charge in [-0.25, -0.2) is 0 Å². The quantitative estimate of drug-likeness (QED) is 0.606. The van der Waals surface area contributed by atoms with Gasteiger partial charge in [0.05, 0.1) is 5.69 Å². The van der Waals surface area contributed by atoms with Crippen LogP contribution in [0.3, 0.4) is 0 Å². The number of halogens is 1. The summed E-state index contributed by atoms with van der Waals surface area (Å²) in [6.07, 6.45) is 0. The zero-order valence-corrected chi connectivity index (χ0v) is 5.88. The first-order valence-electron chi connectivity index (χ1n) is 2.49. The lowest BCUT2D eigenvalue weighted by Gasteiger charge is -2.20. The summed E-state index contributed by atoms with van der Waals surface area (Å²) in [6, 6.07) is 0. The number of hydrogen-bond acceptors (Lipinski definition) is 4. The first kappa shape index (κ1) is 7.33. The SMILES string of the molecule is Cc1[nH]nc(Cl)c1N([O-])O. The van der Waals surface area contributed by atoms with E-state index in [1.54, 1.807) is 6.92 Å². The summed E-state index contributed by atoms with van der Waals surface area (Å²) in [5.41, 5.74) is 0.393. The molecule has 0 fully saturated rings. The Morgan fingerprint density at radius 1 is 1.80 bits per heavy atom. The molecule has 0 atom stereocenters. The highest BCUT2D eigenvalue weighted by Gasteiger charge is 2.07. The molecule has 0 spiro atoms. The van der Waals surface area contributed by atoms with Crippen LogP contribution >= 0.6 is 11.6 Å². The van der Waals surface area contributed by atoms with Crippen LogP contribution < -0.4 is 5.23 Å². The van der Waals surface area contributed by atoms with Gasteiger partial charge in [0.2, 0.25) is 0 Å². The first-order valence-corrected chi connectivity index (χ1v) is 2.87. The number of rotatable bonds is 1. The number of H-pyrrole nitrogens is 1. The van der Waals surface area contributed by atoms with Crippen LogP contribution in [0.25, 0.3) is 0 Å². The molecule has 5 nitrogen and oxygen atoms in total. The van der Waals surface area contributed by atoms with Gasteiger partial charge in [-0.15, -0.1) is 0 Å². The summed E-state index contributed by atoms with van der Waals surface area (Å²) >= 11 is 5.40. The van der Waals surface area contributed by atoms with Crippen LogP contribution in [0.15, 0.2) is 0 Å². The van der Waals surface area contributed by atoms with Gasteiger partial charge in [-0.3, -0.25) is 10.3 Å². The molecule has 0 aliphatic carbocycles. The maximum Gasteiger partial charge on any atom is 0.175 e. The molecule has 1 aromatic rings. The number of nitrogens with one attached hydrogen (secondary N) is 1. The molecule has 1 heterocycles. The summed E-state index contributed by atoms with van der Waals surface area (Å²) in [6.45, 7) is 1.58. The molecule has 0 aliphatic rings. The van der Waals surface area contributed by atoms with Crippen molar-refractivity contribution < 1.29 is 5.21 Å². The Morgan fingerprint density at radius 3 is 2.60 bits per heavy atom. The number of hydrogen-bond donors (Lipinski definition) is 2. The second-order valence-corrected chi connectivity index (χ2v) is 2.12. The molecule has 1 aromatic heterocycles. The lowest BCUT2D eigenvalue weighted by molar-refractivity contribution is 0.296. The van der Waals surface area contributed by atoms with Gasteiger partial charge in [0.25, 0.3) is 0 Å². The molecule has 0 bridgehead atoms. The van der Waals surface area contributed by atoms with Gasteiger partial charge >= 0.3 is 0 Å². The second-order valence-electron chi connectivity index (χ2n) is 1.76. The van der Waals surface area contributed by atoms with E-state index in [0.717, 1.165) is 0 Å². The Kier molecular flexibility index (Phi) is 1.80. The third kappa shape index (κ3) is 1.06. The van der Waals surface area contributed by atoms with Crippen molar-refractivity contribution >= 4 is 17.3 Å². The van der Waals surface area contributed by atoms with Crippen molar-refractivity contribution in [3.63, 3.8) is 0 Å². The molecule has 1 rings (SSSR count). The fourth-order valence-electron chi connectivity index (χ4n) is 0.616. The van der Waals surface area contributed by atoms with E-state index in [-0.39, 0.29) is 16.1 Å². The Bertz CT molecular complexity index is 215. The van der Waals surface area contributed by atoms with Crippen LogP contribution in [0.2, 0.25) is 5.15 Å². The standard InChI is InChI=1S/C4H5ClN3O2/c1-2-3(8(9)10)4(5)7-6-2/h9H,1H3,(H,6,7)/q-1. The summed E-state index contributed by atoms with van der Waals surface area (Å²) in [7, 11) is 0. The smallest absolute Gasteiger partial charge is 0.175 e. The fraction of sp³-hybridized carbons (Fsp3) is 0.250. The molecule has 0 saturated heterocycles. The van der Waals surface area contributed by atoms with Crippen LogP contribution in [-0.4, -0.2) is 15.4 Å². The minimum Gasteiger partial charge on any atom is -0.733 e. The van der Waals surface area contributed by atoms with E-state index in [0.29, 0.717) is 5.69 Å². The molecular weight excluding hydrogens is 158 g/mol. The van der Waals surface area contributed by atoms with Gasteiger partial charge in [0.15, 0.2) is 5.15 Å². The van der Waals surface area contributed by atoms with Crippen molar-refractivity contribution in [2.45, 2.75) is 6.92 Å². The molecular formula is C4H5ClN3O2-. The van der Waals surface area contributed by atoms with Gasteiger partial charge in [0, 0.05) is 0 Å². The lowest BCUT2D eigenvalue weighted by Crippen LogP contribution is -2.07. The van der Waals surface area contributed by atoms with E-state index in [1.165, 1.54) is 0 Å². The number of aryl methyl sites for hydroxylation is 1. The van der Waals surface area contributed by atoms with Crippen molar-refractivity contribution in [1.29, 1.82) is 0 Å². The van der Waals surface area contributed by atoms with Crippen molar-refractivity contribution in [3.05, 3.63) is 16.1 Å². The van der Waals surface area contributed by atoms with Crippen LogP contribution in [0.1, 0.15) is 5.69 Å². The number of aromatic amines is 1. The molecule has 0 radical (unpaired) electrons. The normalized spacial score (nSPS) is 10.0. The average molecular weight is 163 g/mol. The van der Waals surface area contributed by atoms with Gasteiger partial charge in [-0.1, -0.05) is 11.6 Å². The zero-order valence-electron chi connectivity index (χ0n) is 5.13. The maximum atomic E-state index is 10.3. The molecule has 0 unspecified atom stereocenters. The van der Waals surface area contributed by atoms with Gasteiger partial charge < -0.3 is 10.4 Å². The summed E-state index contributed by atoms with van der Waals surface area (Å²) in [4.78, 5) is 0. The molecule has 6 heteroatoms. The average Bonchev–Trinajstić information content (AvgIpc) is 2.11. The Hall–Kier alpha value is -0.780. The molecule has 2 N–H and O–H groups in total. The minimum atomic E-state index is -0.318. The van der Waals surface area contributed by atoms with Crippen LogP contribution in [0.4, 0.5) is 5.69 Å². The lowest BCUT2D eigenvalue weighted by atomic mass is 10.4. The Labute approximate surface area is 61.8 Å². The van der Waals surface area contributed by atoms with Crippen molar-refractivity contribution in [1.82, 2.24) is 10.2 Å². The third-order valence-corrected chi connectivity index (χ3v) is 1.33.